The van der Waals surface area contributed by atoms with E-state index in [-0.39, 0.29) is 18.0 Å². The summed E-state index contributed by atoms with van der Waals surface area (Å²) >= 11 is 0. The highest BCUT2D eigenvalue weighted by atomic mass is 16.6. The third kappa shape index (κ3) is 3.54. The number of nitro benzene ring substituents is 1. The Hall–Kier alpha value is -3.29. The molecule has 8 heteroatoms. The smallest absolute Gasteiger partial charge is 0.412 e. The number of amides is 1. The Labute approximate surface area is 137 Å². The van der Waals surface area contributed by atoms with Crippen LogP contribution in [0.5, 0.6) is 17.2 Å². The van der Waals surface area contributed by atoms with Crippen molar-refractivity contribution in [2.75, 3.05) is 13.2 Å². The van der Waals surface area contributed by atoms with Crippen LogP contribution in [0.25, 0.3) is 0 Å². The number of para-hydroxylation sites is 1. The number of hydrogen-bond donors (Lipinski definition) is 1. The Kier molecular flexibility index (Phi) is 4.46. The van der Waals surface area contributed by atoms with Crippen LogP contribution < -0.4 is 19.5 Å². The predicted molar refractivity (Wildman–Crippen MR) is 83.4 cm³/mol. The second kappa shape index (κ2) is 6.86. The molecule has 24 heavy (non-hydrogen) atoms. The van der Waals surface area contributed by atoms with Crippen molar-refractivity contribution < 1.29 is 23.9 Å². The minimum atomic E-state index is -0.668. The summed E-state index contributed by atoms with van der Waals surface area (Å²) in [5.74, 6) is 1.47. The van der Waals surface area contributed by atoms with Gasteiger partial charge in [-0.15, -0.1) is 0 Å². The topological polar surface area (TPSA) is 99.9 Å². The van der Waals surface area contributed by atoms with Gasteiger partial charge in [-0.2, -0.15) is 0 Å². The first kappa shape index (κ1) is 15.6. The summed E-state index contributed by atoms with van der Waals surface area (Å²) in [4.78, 5) is 21.9. The molecule has 0 saturated carbocycles. The Bertz CT molecular complexity index is 760. The van der Waals surface area contributed by atoms with Crippen LogP contribution in [0.3, 0.4) is 0 Å². The van der Waals surface area contributed by atoms with Gasteiger partial charge in [0.15, 0.2) is 11.5 Å². The fourth-order valence-corrected chi connectivity index (χ4v) is 2.22. The van der Waals surface area contributed by atoms with E-state index in [0.29, 0.717) is 24.7 Å². The van der Waals surface area contributed by atoms with Gasteiger partial charge in [-0.25, -0.2) is 4.79 Å². The van der Waals surface area contributed by atoms with Crippen molar-refractivity contribution in [1.29, 1.82) is 0 Å². The second-order valence-corrected chi connectivity index (χ2v) is 4.94. The lowest BCUT2D eigenvalue weighted by molar-refractivity contribution is -0.384. The van der Waals surface area contributed by atoms with E-state index >= 15 is 0 Å². The highest BCUT2D eigenvalue weighted by Gasteiger charge is 2.16. The van der Waals surface area contributed by atoms with E-state index in [1.165, 1.54) is 24.3 Å². The second-order valence-electron chi connectivity index (χ2n) is 4.94. The maximum absolute atomic E-state index is 11.8. The summed E-state index contributed by atoms with van der Waals surface area (Å²) in [7, 11) is 0. The minimum absolute atomic E-state index is 0.0733. The minimum Gasteiger partial charge on any atom is -0.486 e. The van der Waals surface area contributed by atoms with Gasteiger partial charge >= 0.3 is 6.09 Å². The first-order valence-corrected chi connectivity index (χ1v) is 7.21. The van der Waals surface area contributed by atoms with Crippen LogP contribution in [0.4, 0.5) is 10.5 Å². The highest BCUT2D eigenvalue weighted by Crippen LogP contribution is 2.33. The summed E-state index contributed by atoms with van der Waals surface area (Å²) in [5.41, 5.74) is 0.698. The van der Waals surface area contributed by atoms with Gasteiger partial charge in [0.1, 0.15) is 19.0 Å². The molecule has 0 radical (unpaired) electrons. The van der Waals surface area contributed by atoms with Gasteiger partial charge in [0, 0.05) is 24.2 Å². The van der Waals surface area contributed by atoms with Gasteiger partial charge in [0.05, 0.1) is 4.92 Å². The zero-order valence-corrected chi connectivity index (χ0v) is 12.6. The number of ether oxygens (including phenoxy) is 3. The predicted octanol–water partition coefficient (Wildman–Crippen LogP) is 2.65. The number of nitro groups is 1. The normalized spacial score (nSPS) is 12.3. The fraction of sp³-hybridized carbons (Fsp3) is 0.188. The van der Waals surface area contributed by atoms with E-state index in [4.69, 9.17) is 14.2 Å². The number of hydrogen-bond acceptors (Lipinski definition) is 6. The van der Waals surface area contributed by atoms with Gasteiger partial charge in [-0.05, 0) is 18.2 Å². The summed E-state index contributed by atoms with van der Waals surface area (Å²) in [5, 5.41) is 13.2. The maximum atomic E-state index is 11.8. The van der Waals surface area contributed by atoms with E-state index in [0.717, 1.165) is 5.56 Å². The largest absolute Gasteiger partial charge is 0.486 e. The van der Waals surface area contributed by atoms with E-state index < -0.39 is 11.0 Å². The van der Waals surface area contributed by atoms with Crippen LogP contribution in [0.2, 0.25) is 0 Å². The van der Waals surface area contributed by atoms with Crippen molar-refractivity contribution in [2.45, 2.75) is 6.54 Å². The number of benzene rings is 2. The van der Waals surface area contributed by atoms with E-state index in [1.54, 1.807) is 6.07 Å². The zero-order chi connectivity index (χ0) is 16.9. The molecule has 1 heterocycles. The van der Waals surface area contributed by atoms with E-state index in [1.807, 2.05) is 12.1 Å². The number of carbonyl (C=O) groups excluding carboxylic acids is 1. The van der Waals surface area contributed by atoms with Crippen molar-refractivity contribution in [2.24, 2.45) is 0 Å². The Morgan fingerprint density at radius 3 is 2.67 bits per heavy atom. The molecule has 1 aliphatic heterocycles. The molecule has 1 N–H and O–H groups in total. The first-order chi connectivity index (χ1) is 11.6. The van der Waals surface area contributed by atoms with Gasteiger partial charge in [0.25, 0.3) is 5.69 Å². The lowest BCUT2D eigenvalue weighted by atomic mass is 10.2. The maximum Gasteiger partial charge on any atom is 0.412 e. The molecule has 1 amide bonds. The quantitative estimate of drug-likeness (QED) is 0.683. The molecule has 2 aromatic carbocycles. The lowest BCUT2D eigenvalue weighted by Crippen LogP contribution is -2.27. The van der Waals surface area contributed by atoms with Crippen LogP contribution in [-0.2, 0) is 6.54 Å². The van der Waals surface area contributed by atoms with E-state index in [2.05, 4.69) is 5.32 Å². The van der Waals surface area contributed by atoms with Crippen LogP contribution in [0, 0.1) is 10.1 Å². The monoisotopic (exact) mass is 330 g/mol. The van der Waals surface area contributed by atoms with Crippen LogP contribution in [-0.4, -0.2) is 24.2 Å². The average Bonchev–Trinajstić information content (AvgIpc) is 2.60. The van der Waals surface area contributed by atoms with Gasteiger partial charge in [0.2, 0.25) is 0 Å². The Morgan fingerprint density at radius 1 is 1.17 bits per heavy atom. The molecule has 2 aromatic rings. The molecule has 3 rings (SSSR count). The SMILES string of the molecule is O=C(NCc1cccc2c1OCCO2)Oc1ccc([N+](=O)[O-])cc1. The van der Waals surface area contributed by atoms with Crippen LogP contribution in [0.15, 0.2) is 42.5 Å². The fourth-order valence-electron chi connectivity index (χ4n) is 2.22. The summed E-state index contributed by atoms with van der Waals surface area (Å²) in [6, 6.07) is 10.7. The van der Waals surface area contributed by atoms with Crippen molar-refractivity contribution in [3.8, 4) is 17.2 Å². The van der Waals surface area contributed by atoms with Gasteiger partial charge < -0.3 is 19.5 Å². The molecule has 0 spiro atoms. The molecular weight excluding hydrogens is 316 g/mol. The van der Waals surface area contributed by atoms with Gasteiger partial charge in [-0.1, -0.05) is 12.1 Å². The Morgan fingerprint density at radius 2 is 1.92 bits per heavy atom. The third-order valence-electron chi connectivity index (χ3n) is 3.33. The molecule has 8 nitrogen and oxygen atoms in total. The lowest BCUT2D eigenvalue weighted by Gasteiger charge is -2.21. The summed E-state index contributed by atoms with van der Waals surface area (Å²) in [6.45, 7) is 1.15. The number of rotatable bonds is 4. The molecule has 0 unspecified atom stereocenters. The van der Waals surface area contributed by atoms with E-state index in [9.17, 15) is 14.9 Å². The molecule has 124 valence electrons. The standard InChI is InChI=1S/C16H14N2O6/c19-16(24-13-6-4-12(5-7-13)18(20)21)17-10-11-2-1-3-14-15(11)23-9-8-22-14/h1-7H,8-10H2,(H,17,19). The molecule has 0 aromatic heterocycles. The zero-order valence-electron chi connectivity index (χ0n) is 12.6. The number of fused-ring (bicyclic) bond motifs is 1. The van der Waals surface area contributed by atoms with Crippen molar-refractivity contribution in [3.05, 3.63) is 58.1 Å². The van der Waals surface area contributed by atoms with Crippen molar-refractivity contribution >= 4 is 11.8 Å². The summed E-state index contributed by atoms with van der Waals surface area (Å²) in [6.07, 6.45) is -0.668. The van der Waals surface area contributed by atoms with Crippen molar-refractivity contribution in [3.63, 3.8) is 0 Å². The number of carbonyl (C=O) groups is 1. The molecule has 0 aliphatic carbocycles. The van der Waals surface area contributed by atoms with Crippen LogP contribution >= 0.6 is 0 Å². The summed E-state index contributed by atoms with van der Waals surface area (Å²) < 4.78 is 16.1. The Balaban J connectivity index is 1.59. The van der Waals surface area contributed by atoms with Crippen molar-refractivity contribution in [1.82, 2.24) is 5.32 Å². The average molecular weight is 330 g/mol. The molecule has 0 atom stereocenters. The molecular formula is C16H14N2O6. The highest BCUT2D eigenvalue weighted by molar-refractivity contribution is 5.70. The molecule has 1 aliphatic rings. The number of nitrogens with one attached hydrogen (secondary N) is 1. The van der Waals surface area contributed by atoms with Gasteiger partial charge in [-0.3, -0.25) is 10.1 Å². The molecule has 0 bridgehead atoms. The molecule has 0 saturated heterocycles. The third-order valence-corrected chi connectivity index (χ3v) is 3.33. The molecule has 0 fully saturated rings. The first-order valence-electron chi connectivity index (χ1n) is 7.21. The number of nitrogens with zero attached hydrogens (tertiary/aromatic N) is 1. The number of non-ortho nitro benzene ring substituents is 1. The van der Waals surface area contributed by atoms with Crippen LogP contribution in [0.1, 0.15) is 5.56 Å².